The Hall–Kier alpha value is -2.85. The highest BCUT2D eigenvalue weighted by Crippen LogP contribution is 2.31. The smallest absolute Gasteiger partial charge is 0.361 e. The highest BCUT2D eigenvalue weighted by Gasteiger charge is 2.41. The molecule has 1 saturated heterocycles. The average molecular weight is 357 g/mol. The van der Waals surface area contributed by atoms with Gasteiger partial charge in [0.2, 0.25) is 0 Å². The summed E-state index contributed by atoms with van der Waals surface area (Å²) in [6.07, 6.45) is -3.50. The Morgan fingerprint density at radius 3 is 2.40 bits per heavy atom. The molecule has 8 nitrogen and oxygen atoms in total. The fourth-order valence-electron chi connectivity index (χ4n) is 2.75. The van der Waals surface area contributed by atoms with E-state index < -0.39 is 29.2 Å². The lowest BCUT2D eigenvalue weighted by Gasteiger charge is -2.27. The molecule has 0 unspecified atom stereocenters. The third kappa shape index (κ3) is 2.85. The molecule has 25 heavy (non-hydrogen) atoms. The highest BCUT2D eigenvalue weighted by atomic mass is 19.4. The lowest BCUT2D eigenvalue weighted by atomic mass is 10.2. The first kappa shape index (κ1) is 17.0. The lowest BCUT2D eigenvalue weighted by Crippen LogP contribution is -2.45. The molecule has 2 aromatic heterocycles. The topological polar surface area (TPSA) is 95.3 Å². The van der Waals surface area contributed by atoms with E-state index in [1.54, 1.807) is 18.9 Å². The summed E-state index contributed by atoms with van der Waals surface area (Å²) in [5.41, 5.74) is -1.33. The summed E-state index contributed by atoms with van der Waals surface area (Å²) >= 11 is 0. The van der Waals surface area contributed by atoms with E-state index >= 15 is 0 Å². The Morgan fingerprint density at radius 2 is 1.84 bits per heavy atom. The van der Waals surface area contributed by atoms with Gasteiger partial charge in [0.1, 0.15) is 11.3 Å². The van der Waals surface area contributed by atoms with Crippen molar-refractivity contribution in [1.29, 1.82) is 0 Å². The van der Waals surface area contributed by atoms with E-state index in [4.69, 9.17) is 4.52 Å². The van der Waals surface area contributed by atoms with Crippen molar-refractivity contribution in [2.24, 2.45) is 0 Å². The van der Waals surface area contributed by atoms with Gasteiger partial charge in [0.15, 0.2) is 5.69 Å². The first-order valence-electron chi connectivity index (χ1n) is 7.39. The van der Waals surface area contributed by atoms with Gasteiger partial charge in [-0.15, -0.1) is 0 Å². The number of nitrogens with one attached hydrogen (secondary N) is 1. The van der Waals surface area contributed by atoms with E-state index in [0.29, 0.717) is 12.1 Å². The van der Waals surface area contributed by atoms with Gasteiger partial charge in [-0.25, -0.2) is 10.0 Å². The third-order valence-electron chi connectivity index (χ3n) is 3.90. The van der Waals surface area contributed by atoms with Gasteiger partial charge in [0.25, 0.3) is 11.8 Å². The number of H-pyrrole nitrogens is 1. The van der Waals surface area contributed by atoms with E-state index in [2.05, 4.69) is 10.3 Å². The molecular weight excluding hydrogens is 343 g/mol. The molecule has 2 amide bonds. The quantitative estimate of drug-likeness (QED) is 0.886. The van der Waals surface area contributed by atoms with Gasteiger partial charge in [-0.05, 0) is 20.3 Å². The van der Waals surface area contributed by atoms with Crippen LogP contribution in [0, 0.1) is 13.8 Å². The summed E-state index contributed by atoms with van der Waals surface area (Å²) in [4.78, 5) is 25.3. The van der Waals surface area contributed by atoms with Crippen LogP contribution >= 0.6 is 0 Å². The van der Waals surface area contributed by atoms with Crippen LogP contribution in [0.4, 0.5) is 13.2 Å². The molecule has 0 radical (unpaired) electrons. The summed E-state index contributed by atoms with van der Waals surface area (Å²) in [6.45, 7) is 3.45. The van der Waals surface area contributed by atoms with Gasteiger partial charge >= 0.3 is 6.18 Å². The number of aromatic amines is 1. The second-order valence-electron chi connectivity index (χ2n) is 5.57. The van der Waals surface area contributed by atoms with Gasteiger partial charge < -0.3 is 4.52 Å². The van der Waals surface area contributed by atoms with E-state index in [9.17, 15) is 22.8 Å². The number of hydrazine groups is 1. The summed E-state index contributed by atoms with van der Waals surface area (Å²) in [5.74, 6) is -1.21. The van der Waals surface area contributed by atoms with Crippen molar-refractivity contribution in [1.82, 2.24) is 25.4 Å². The van der Waals surface area contributed by atoms with Crippen molar-refractivity contribution in [3.05, 3.63) is 34.5 Å². The number of halogens is 3. The van der Waals surface area contributed by atoms with E-state index in [1.165, 1.54) is 0 Å². The monoisotopic (exact) mass is 357 g/mol. The molecule has 0 atom stereocenters. The van der Waals surface area contributed by atoms with Crippen LogP contribution in [0.1, 0.15) is 44.3 Å². The molecular formula is C14H14F3N5O3. The van der Waals surface area contributed by atoms with Gasteiger partial charge in [-0.3, -0.25) is 14.7 Å². The van der Waals surface area contributed by atoms with Gasteiger partial charge in [0, 0.05) is 13.1 Å². The largest absolute Gasteiger partial charge is 0.433 e. The maximum absolute atomic E-state index is 13.0. The molecule has 134 valence electrons. The first-order chi connectivity index (χ1) is 11.7. The van der Waals surface area contributed by atoms with Crippen LogP contribution in [0.25, 0.3) is 0 Å². The molecule has 3 heterocycles. The lowest BCUT2D eigenvalue weighted by molar-refractivity contribution is -0.141. The summed E-state index contributed by atoms with van der Waals surface area (Å²) in [5, 5.41) is 10.9. The second kappa shape index (κ2) is 5.90. The molecule has 3 rings (SSSR count). The molecule has 0 aliphatic carbocycles. The van der Waals surface area contributed by atoms with Crippen molar-refractivity contribution in [2.75, 3.05) is 13.1 Å². The molecule has 1 aliphatic rings. The number of aryl methyl sites for hydroxylation is 2. The Balaban J connectivity index is 1.91. The molecule has 0 saturated carbocycles. The van der Waals surface area contributed by atoms with Crippen LogP contribution in [-0.2, 0) is 6.18 Å². The van der Waals surface area contributed by atoms with E-state index in [-0.39, 0.29) is 24.4 Å². The van der Waals surface area contributed by atoms with Crippen LogP contribution < -0.4 is 0 Å². The van der Waals surface area contributed by atoms with E-state index in [1.807, 2.05) is 0 Å². The van der Waals surface area contributed by atoms with Crippen LogP contribution in [0.3, 0.4) is 0 Å². The van der Waals surface area contributed by atoms with Gasteiger partial charge in [0.05, 0.1) is 17.5 Å². The second-order valence-corrected chi connectivity index (χ2v) is 5.57. The zero-order valence-electron chi connectivity index (χ0n) is 13.3. The van der Waals surface area contributed by atoms with Gasteiger partial charge in [-0.2, -0.15) is 18.3 Å². The number of aromatic nitrogens is 3. The summed E-state index contributed by atoms with van der Waals surface area (Å²) in [7, 11) is 0. The predicted octanol–water partition coefficient (Wildman–Crippen LogP) is 1.94. The SMILES string of the molecule is Cc1noc(C)c1C(=O)N1CCCN1C(=O)c1cn[nH]c1C(F)(F)F. The van der Waals surface area contributed by atoms with Crippen LogP contribution in [-0.4, -0.2) is 50.3 Å². The van der Waals surface area contributed by atoms with Crippen molar-refractivity contribution < 1.29 is 27.3 Å². The molecule has 2 aromatic rings. The maximum atomic E-state index is 13.0. The number of hydrogen-bond acceptors (Lipinski definition) is 5. The zero-order chi connectivity index (χ0) is 18.4. The van der Waals surface area contributed by atoms with E-state index in [0.717, 1.165) is 16.2 Å². The van der Waals surface area contributed by atoms with Crippen molar-refractivity contribution in [3.8, 4) is 0 Å². The Bertz CT molecular complexity index is 807. The minimum atomic E-state index is -4.75. The van der Waals surface area contributed by atoms with Crippen molar-refractivity contribution >= 4 is 11.8 Å². The number of carbonyl (C=O) groups excluding carboxylic acids is 2. The van der Waals surface area contributed by atoms with Crippen LogP contribution in [0.15, 0.2) is 10.7 Å². The Kier molecular flexibility index (Phi) is 4.01. The zero-order valence-corrected chi connectivity index (χ0v) is 13.3. The fourth-order valence-corrected chi connectivity index (χ4v) is 2.75. The highest BCUT2D eigenvalue weighted by molar-refractivity contribution is 6.00. The Labute approximate surface area is 139 Å². The molecule has 1 fully saturated rings. The standard InChI is InChI=1S/C14H14F3N5O3/c1-7-10(8(2)25-20-7)13(24)22-5-3-4-21(22)12(23)9-6-18-19-11(9)14(15,16)17/h6H,3-5H2,1-2H3,(H,18,19). The Morgan fingerprint density at radius 1 is 1.20 bits per heavy atom. The maximum Gasteiger partial charge on any atom is 0.433 e. The van der Waals surface area contributed by atoms with Crippen molar-refractivity contribution in [3.63, 3.8) is 0 Å². The number of rotatable bonds is 2. The molecule has 0 spiro atoms. The van der Waals surface area contributed by atoms with Crippen molar-refractivity contribution in [2.45, 2.75) is 26.4 Å². The molecule has 0 bridgehead atoms. The normalized spacial score (nSPS) is 15.1. The molecule has 11 heteroatoms. The van der Waals surface area contributed by atoms with Gasteiger partial charge in [-0.1, -0.05) is 5.16 Å². The number of carbonyl (C=O) groups is 2. The number of amides is 2. The minimum absolute atomic E-state index is 0.121. The number of alkyl halides is 3. The third-order valence-corrected chi connectivity index (χ3v) is 3.90. The van der Waals surface area contributed by atoms with Crippen LogP contribution in [0.5, 0.6) is 0 Å². The van der Waals surface area contributed by atoms with Crippen LogP contribution in [0.2, 0.25) is 0 Å². The first-order valence-corrected chi connectivity index (χ1v) is 7.39. The fraction of sp³-hybridized carbons (Fsp3) is 0.429. The molecule has 1 N–H and O–H groups in total. The minimum Gasteiger partial charge on any atom is -0.361 e. The average Bonchev–Trinajstić information content (AvgIpc) is 3.24. The summed E-state index contributed by atoms with van der Waals surface area (Å²) < 4.78 is 43.9. The number of nitrogens with zero attached hydrogens (tertiary/aromatic N) is 4. The molecule has 1 aliphatic heterocycles. The number of hydrogen-bond donors (Lipinski definition) is 1. The predicted molar refractivity (Wildman–Crippen MR) is 76.3 cm³/mol. The molecule has 0 aromatic carbocycles. The summed E-state index contributed by atoms with van der Waals surface area (Å²) in [6, 6.07) is 0.